The van der Waals surface area contributed by atoms with Crippen LogP contribution in [-0.2, 0) is 4.74 Å². The number of nitrogens with one attached hydrogen (secondary N) is 1. The molecule has 1 N–H and O–H groups in total. The van der Waals surface area contributed by atoms with E-state index in [1.165, 1.54) is 0 Å². The first-order chi connectivity index (χ1) is 14.7. The lowest BCUT2D eigenvalue weighted by molar-refractivity contribution is 0.0452. The van der Waals surface area contributed by atoms with Gasteiger partial charge in [-0.15, -0.1) is 0 Å². The van der Waals surface area contributed by atoms with Crippen LogP contribution in [0.1, 0.15) is 22.0 Å². The number of ether oxygens (including phenoxy) is 1. The third kappa shape index (κ3) is 4.17. The summed E-state index contributed by atoms with van der Waals surface area (Å²) < 4.78 is 5.10. The minimum Gasteiger partial charge on any atom is -0.445 e. The zero-order chi connectivity index (χ0) is 20.9. The third-order valence-corrected chi connectivity index (χ3v) is 5.31. The average Bonchev–Trinajstić information content (AvgIpc) is 2.76. The van der Waals surface area contributed by atoms with Crippen LogP contribution in [0.4, 0.5) is 4.79 Å². The number of nitrogens with zero attached hydrogens (tertiary/aromatic N) is 2. The lowest BCUT2D eigenvalue weighted by atomic mass is 9.86. The van der Waals surface area contributed by atoms with E-state index in [9.17, 15) is 9.59 Å². The van der Waals surface area contributed by atoms with E-state index in [0.717, 1.165) is 16.3 Å². The summed E-state index contributed by atoms with van der Waals surface area (Å²) in [6.45, 7) is 4.80. The highest BCUT2D eigenvalue weighted by molar-refractivity contribution is 5.98. The minimum atomic E-state index is -0.354. The van der Waals surface area contributed by atoms with Crippen molar-refractivity contribution in [3.05, 3.63) is 90.8 Å². The van der Waals surface area contributed by atoms with Crippen LogP contribution >= 0.6 is 0 Å². The fourth-order valence-electron chi connectivity index (χ4n) is 3.68. The summed E-state index contributed by atoms with van der Waals surface area (Å²) >= 11 is 0. The molecule has 4 rings (SSSR count). The van der Waals surface area contributed by atoms with Crippen LogP contribution in [0.2, 0.25) is 0 Å². The third-order valence-electron chi connectivity index (χ3n) is 5.31. The Morgan fingerprint density at radius 1 is 1.17 bits per heavy atom. The quantitative estimate of drug-likeness (QED) is 0.635. The molecule has 2 amide bonds. The zero-order valence-electron chi connectivity index (χ0n) is 16.5. The second kappa shape index (κ2) is 8.78. The molecule has 1 unspecified atom stereocenters. The lowest BCUT2D eigenvalue weighted by Crippen LogP contribution is -2.55. The van der Waals surface area contributed by atoms with Crippen LogP contribution < -0.4 is 5.32 Å². The van der Waals surface area contributed by atoms with E-state index in [1.807, 2.05) is 48.5 Å². The van der Waals surface area contributed by atoms with E-state index in [1.54, 1.807) is 29.4 Å². The minimum absolute atomic E-state index is 0.109. The average molecular weight is 401 g/mol. The first-order valence-electron chi connectivity index (χ1n) is 9.88. The van der Waals surface area contributed by atoms with Gasteiger partial charge in [-0.2, -0.15) is 0 Å². The van der Waals surface area contributed by atoms with E-state index in [-0.39, 0.29) is 30.6 Å². The highest BCUT2D eigenvalue weighted by Crippen LogP contribution is 2.31. The summed E-state index contributed by atoms with van der Waals surface area (Å²) in [5.74, 6) is -0.0347. The fourth-order valence-corrected chi connectivity index (χ4v) is 3.68. The highest BCUT2D eigenvalue weighted by Gasteiger charge is 2.38. The van der Waals surface area contributed by atoms with Crippen molar-refractivity contribution in [2.45, 2.75) is 6.04 Å². The van der Waals surface area contributed by atoms with Crippen molar-refractivity contribution < 1.29 is 14.3 Å². The van der Waals surface area contributed by atoms with Crippen LogP contribution in [0.25, 0.3) is 10.8 Å². The summed E-state index contributed by atoms with van der Waals surface area (Å²) in [6, 6.07) is 17.1. The molecular weight excluding hydrogens is 378 g/mol. The maximum absolute atomic E-state index is 13.0. The number of carbonyl (C=O) groups is 2. The molecule has 1 aromatic heterocycles. The predicted molar refractivity (Wildman–Crippen MR) is 115 cm³/mol. The van der Waals surface area contributed by atoms with Crippen molar-refractivity contribution in [1.29, 1.82) is 0 Å². The number of aromatic nitrogens is 1. The number of carbonyl (C=O) groups excluding carboxylic acids is 2. The van der Waals surface area contributed by atoms with Gasteiger partial charge in [-0.05, 0) is 29.1 Å². The lowest BCUT2D eigenvalue weighted by Gasteiger charge is -2.42. The van der Waals surface area contributed by atoms with Gasteiger partial charge in [0.05, 0.1) is 6.04 Å². The van der Waals surface area contributed by atoms with Crippen molar-refractivity contribution in [2.75, 3.05) is 19.7 Å². The number of rotatable bonds is 6. The van der Waals surface area contributed by atoms with E-state index in [2.05, 4.69) is 16.9 Å². The first-order valence-corrected chi connectivity index (χ1v) is 9.88. The van der Waals surface area contributed by atoms with Gasteiger partial charge in [0.15, 0.2) is 0 Å². The van der Waals surface area contributed by atoms with Crippen molar-refractivity contribution in [3.8, 4) is 0 Å². The Kier molecular flexibility index (Phi) is 5.75. The Morgan fingerprint density at radius 3 is 2.73 bits per heavy atom. The summed E-state index contributed by atoms with van der Waals surface area (Å²) in [6.07, 6.45) is 4.68. The smallest absolute Gasteiger partial charge is 0.410 e. The van der Waals surface area contributed by atoms with Crippen molar-refractivity contribution in [3.63, 3.8) is 0 Å². The van der Waals surface area contributed by atoms with Crippen LogP contribution in [-0.4, -0.2) is 41.6 Å². The summed E-state index contributed by atoms with van der Waals surface area (Å²) in [7, 11) is 0. The van der Waals surface area contributed by atoms with Crippen LogP contribution in [0.3, 0.4) is 0 Å². The summed E-state index contributed by atoms with van der Waals surface area (Å²) in [5, 5.41) is 5.12. The van der Waals surface area contributed by atoms with E-state index in [4.69, 9.17) is 4.74 Å². The molecule has 1 atom stereocenters. The number of hydrogen-bond acceptors (Lipinski definition) is 4. The van der Waals surface area contributed by atoms with Gasteiger partial charge < -0.3 is 15.0 Å². The van der Waals surface area contributed by atoms with Gasteiger partial charge in [-0.3, -0.25) is 9.78 Å². The molecule has 0 spiro atoms. The summed E-state index contributed by atoms with van der Waals surface area (Å²) in [4.78, 5) is 30.8. The number of amides is 2. The number of benzene rings is 2. The first kappa shape index (κ1) is 19.6. The van der Waals surface area contributed by atoms with Gasteiger partial charge >= 0.3 is 6.09 Å². The zero-order valence-corrected chi connectivity index (χ0v) is 16.5. The van der Waals surface area contributed by atoms with Crippen LogP contribution in [0, 0.1) is 5.92 Å². The van der Waals surface area contributed by atoms with Crippen molar-refractivity contribution in [1.82, 2.24) is 15.2 Å². The maximum atomic E-state index is 13.0. The molecule has 3 aromatic rings. The van der Waals surface area contributed by atoms with E-state index in [0.29, 0.717) is 18.7 Å². The van der Waals surface area contributed by atoms with Crippen molar-refractivity contribution >= 4 is 22.8 Å². The van der Waals surface area contributed by atoms with Gasteiger partial charge in [0.25, 0.3) is 5.91 Å². The van der Waals surface area contributed by atoms with Crippen molar-refractivity contribution in [2.24, 2.45) is 5.92 Å². The Balaban J connectivity index is 1.50. The fraction of sp³-hybridized carbons (Fsp3) is 0.208. The standard InChI is InChI=1S/C24H23N3O3/c1-2-12-30-24(29)27-15-21(16-27)22(17-6-4-3-5-7-17)26-23(28)19-8-9-20-14-25-11-10-18(20)13-19/h2-11,13-14,21-22H,1,12,15-16H2,(H,26,28). The Morgan fingerprint density at radius 2 is 1.97 bits per heavy atom. The van der Waals surface area contributed by atoms with Gasteiger partial charge in [-0.1, -0.05) is 49.1 Å². The molecule has 1 fully saturated rings. The number of fused-ring (bicyclic) bond motifs is 1. The maximum Gasteiger partial charge on any atom is 0.410 e. The molecule has 2 aromatic carbocycles. The monoisotopic (exact) mass is 401 g/mol. The van der Waals surface area contributed by atoms with E-state index >= 15 is 0 Å². The number of pyridine rings is 1. The molecule has 1 saturated heterocycles. The Labute approximate surface area is 175 Å². The molecule has 0 bridgehead atoms. The molecule has 0 radical (unpaired) electrons. The molecule has 152 valence electrons. The molecular formula is C24H23N3O3. The predicted octanol–water partition coefficient (Wildman–Crippen LogP) is 3.96. The molecule has 30 heavy (non-hydrogen) atoms. The molecule has 1 aliphatic heterocycles. The van der Waals surface area contributed by atoms with Gasteiger partial charge in [-0.25, -0.2) is 4.79 Å². The SMILES string of the molecule is C=CCOC(=O)N1CC(C(NC(=O)c2ccc3cnccc3c2)c2ccccc2)C1. The van der Waals surface area contributed by atoms with Gasteiger partial charge in [0.1, 0.15) is 6.61 Å². The molecule has 1 aliphatic rings. The van der Waals surface area contributed by atoms with Gasteiger partial charge in [0, 0.05) is 42.4 Å². The topological polar surface area (TPSA) is 71.5 Å². The molecule has 2 heterocycles. The highest BCUT2D eigenvalue weighted by atomic mass is 16.6. The Bertz CT molecular complexity index is 1060. The second-order valence-corrected chi connectivity index (χ2v) is 7.33. The van der Waals surface area contributed by atoms with Crippen LogP contribution in [0.5, 0.6) is 0 Å². The van der Waals surface area contributed by atoms with Gasteiger partial charge in [0.2, 0.25) is 0 Å². The van der Waals surface area contributed by atoms with E-state index < -0.39 is 0 Å². The molecule has 0 aliphatic carbocycles. The molecule has 0 saturated carbocycles. The number of likely N-dealkylation sites (tertiary alicyclic amines) is 1. The Hall–Kier alpha value is -3.67. The van der Waals surface area contributed by atoms with Crippen LogP contribution in [0.15, 0.2) is 79.6 Å². The number of hydrogen-bond donors (Lipinski definition) is 1. The molecule has 6 nitrogen and oxygen atoms in total. The molecule has 6 heteroatoms. The summed E-state index contributed by atoms with van der Waals surface area (Å²) in [5.41, 5.74) is 1.61. The second-order valence-electron chi connectivity index (χ2n) is 7.33. The normalized spacial score (nSPS) is 14.6. The largest absolute Gasteiger partial charge is 0.445 e.